The lowest BCUT2D eigenvalue weighted by molar-refractivity contribution is 0.949. The second kappa shape index (κ2) is 6.11. The van der Waals surface area contributed by atoms with Crippen molar-refractivity contribution < 1.29 is 0 Å². The van der Waals surface area contributed by atoms with Crippen molar-refractivity contribution in [2.24, 2.45) is 0 Å². The highest BCUT2D eigenvalue weighted by Crippen LogP contribution is 2.22. The number of rotatable bonds is 5. The maximum absolute atomic E-state index is 3.49. The molecular weight excluding hydrogens is 252 g/mol. The first-order valence-corrected chi connectivity index (χ1v) is 7.96. The van der Waals surface area contributed by atoms with Gasteiger partial charge in [-0.05, 0) is 65.9 Å². The van der Waals surface area contributed by atoms with E-state index in [9.17, 15) is 0 Å². The topological polar surface area (TPSA) is 15.3 Å². The van der Waals surface area contributed by atoms with Crippen LogP contribution in [0.3, 0.4) is 0 Å². The zero-order valence-corrected chi connectivity index (χ0v) is 12.0. The SMILES string of the molecule is c1cc(CCNc2ccc(N3CCCC3)cc2)cs1. The van der Waals surface area contributed by atoms with Gasteiger partial charge in [0.2, 0.25) is 0 Å². The fourth-order valence-electron chi connectivity index (χ4n) is 2.55. The molecule has 1 N–H and O–H groups in total. The summed E-state index contributed by atoms with van der Waals surface area (Å²) in [4.78, 5) is 2.47. The molecule has 2 heterocycles. The van der Waals surface area contributed by atoms with Crippen molar-refractivity contribution in [3.63, 3.8) is 0 Å². The first kappa shape index (κ1) is 12.5. The zero-order valence-electron chi connectivity index (χ0n) is 11.1. The van der Waals surface area contributed by atoms with E-state index in [0.29, 0.717) is 0 Å². The van der Waals surface area contributed by atoms with Gasteiger partial charge in [-0.3, -0.25) is 0 Å². The van der Waals surface area contributed by atoms with Crippen molar-refractivity contribution in [2.45, 2.75) is 19.3 Å². The van der Waals surface area contributed by atoms with Crippen LogP contribution in [0.1, 0.15) is 18.4 Å². The van der Waals surface area contributed by atoms with Crippen LogP contribution in [0, 0.1) is 0 Å². The molecule has 0 bridgehead atoms. The fourth-order valence-corrected chi connectivity index (χ4v) is 3.25. The molecule has 0 spiro atoms. The summed E-state index contributed by atoms with van der Waals surface area (Å²) in [5, 5.41) is 7.85. The van der Waals surface area contributed by atoms with Crippen LogP contribution in [0.2, 0.25) is 0 Å². The van der Waals surface area contributed by atoms with Crippen molar-refractivity contribution in [1.29, 1.82) is 0 Å². The maximum atomic E-state index is 3.49. The summed E-state index contributed by atoms with van der Waals surface area (Å²) in [6.45, 7) is 3.43. The van der Waals surface area contributed by atoms with Crippen LogP contribution in [0.25, 0.3) is 0 Å². The van der Waals surface area contributed by atoms with Crippen LogP contribution in [0.15, 0.2) is 41.1 Å². The fraction of sp³-hybridized carbons (Fsp3) is 0.375. The maximum Gasteiger partial charge on any atom is 0.0367 e. The Hall–Kier alpha value is -1.48. The minimum Gasteiger partial charge on any atom is -0.385 e. The number of nitrogens with one attached hydrogen (secondary N) is 1. The van der Waals surface area contributed by atoms with Crippen LogP contribution >= 0.6 is 11.3 Å². The van der Waals surface area contributed by atoms with Crippen LogP contribution in [-0.2, 0) is 6.42 Å². The average Bonchev–Trinajstić information content (AvgIpc) is 3.13. The number of thiophene rings is 1. The lowest BCUT2D eigenvalue weighted by Crippen LogP contribution is -2.17. The van der Waals surface area contributed by atoms with Gasteiger partial charge in [-0.15, -0.1) is 0 Å². The molecule has 1 fully saturated rings. The lowest BCUT2D eigenvalue weighted by Gasteiger charge is -2.18. The molecule has 3 heteroatoms. The molecule has 1 aliphatic heterocycles. The van der Waals surface area contributed by atoms with Gasteiger partial charge in [-0.1, -0.05) is 0 Å². The summed E-state index contributed by atoms with van der Waals surface area (Å²) in [5.41, 5.74) is 4.00. The van der Waals surface area contributed by atoms with Crippen molar-refractivity contribution >= 4 is 22.7 Å². The van der Waals surface area contributed by atoms with Crippen LogP contribution < -0.4 is 10.2 Å². The first-order chi connectivity index (χ1) is 9.42. The number of hydrogen-bond donors (Lipinski definition) is 1. The van der Waals surface area contributed by atoms with E-state index in [0.717, 1.165) is 13.0 Å². The molecule has 0 amide bonds. The normalized spacial score (nSPS) is 14.8. The highest BCUT2D eigenvalue weighted by atomic mass is 32.1. The van der Waals surface area contributed by atoms with Gasteiger partial charge in [-0.25, -0.2) is 0 Å². The number of benzene rings is 1. The van der Waals surface area contributed by atoms with E-state index < -0.39 is 0 Å². The van der Waals surface area contributed by atoms with Gasteiger partial charge in [-0.2, -0.15) is 11.3 Å². The molecule has 0 aliphatic carbocycles. The van der Waals surface area contributed by atoms with E-state index in [1.54, 1.807) is 11.3 Å². The van der Waals surface area contributed by atoms with Gasteiger partial charge in [0.15, 0.2) is 0 Å². The Bertz CT molecular complexity index is 484. The summed E-state index contributed by atoms with van der Waals surface area (Å²) in [6, 6.07) is 11.1. The highest BCUT2D eigenvalue weighted by Gasteiger charge is 2.11. The Kier molecular flexibility index (Phi) is 4.04. The third-order valence-electron chi connectivity index (χ3n) is 3.66. The molecule has 0 radical (unpaired) electrons. The van der Waals surface area contributed by atoms with E-state index >= 15 is 0 Å². The molecule has 2 nitrogen and oxygen atoms in total. The van der Waals surface area contributed by atoms with E-state index in [-0.39, 0.29) is 0 Å². The summed E-state index contributed by atoms with van der Waals surface area (Å²) in [7, 11) is 0. The van der Waals surface area contributed by atoms with E-state index in [1.807, 2.05) is 0 Å². The molecule has 19 heavy (non-hydrogen) atoms. The molecule has 1 saturated heterocycles. The first-order valence-electron chi connectivity index (χ1n) is 7.02. The minimum atomic E-state index is 1.000. The summed E-state index contributed by atoms with van der Waals surface area (Å²) < 4.78 is 0. The largest absolute Gasteiger partial charge is 0.385 e. The van der Waals surface area contributed by atoms with Crippen molar-refractivity contribution in [1.82, 2.24) is 0 Å². The monoisotopic (exact) mass is 272 g/mol. The highest BCUT2D eigenvalue weighted by molar-refractivity contribution is 7.07. The summed E-state index contributed by atoms with van der Waals surface area (Å²) in [5.74, 6) is 0. The molecule has 100 valence electrons. The minimum absolute atomic E-state index is 1.000. The predicted molar refractivity (Wildman–Crippen MR) is 84.4 cm³/mol. The van der Waals surface area contributed by atoms with Gasteiger partial charge < -0.3 is 10.2 Å². The zero-order chi connectivity index (χ0) is 12.9. The average molecular weight is 272 g/mol. The number of anilines is 2. The third-order valence-corrected chi connectivity index (χ3v) is 4.39. The lowest BCUT2D eigenvalue weighted by atomic mass is 10.2. The summed E-state index contributed by atoms with van der Waals surface area (Å²) in [6.07, 6.45) is 3.76. The Morgan fingerprint density at radius 3 is 2.53 bits per heavy atom. The van der Waals surface area contributed by atoms with E-state index in [1.165, 1.54) is 42.9 Å². The number of nitrogens with zero attached hydrogens (tertiary/aromatic N) is 1. The molecule has 2 aromatic rings. The second-order valence-corrected chi connectivity index (χ2v) is 5.83. The van der Waals surface area contributed by atoms with Gasteiger partial charge in [0.05, 0.1) is 0 Å². The van der Waals surface area contributed by atoms with Gasteiger partial charge in [0.1, 0.15) is 0 Å². The molecule has 1 aliphatic rings. The van der Waals surface area contributed by atoms with Crippen LogP contribution in [-0.4, -0.2) is 19.6 Å². The van der Waals surface area contributed by atoms with E-state index in [4.69, 9.17) is 0 Å². The van der Waals surface area contributed by atoms with Crippen molar-refractivity contribution in [2.75, 3.05) is 29.9 Å². The molecular formula is C16H20N2S. The van der Waals surface area contributed by atoms with Crippen molar-refractivity contribution in [3.05, 3.63) is 46.7 Å². The quantitative estimate of drug-likeness (QED) is 0.885. The molecule has 3 rings (SSSR count). The molecule has 1 aromatic heterocycles. The predicted octanol–water partition coefficient (Wildman–Crippen LogP) is 4.00. The van der Waals surface area contributed by atoms with Crippen LogP contribution in [0.4, 0.5) is 11.4 Å². The van der Waals surface area contributed by atoms with Gasteiger partial charge in [0.25, 0.3) is 0 Å². The van der Waals surface area contributed by atoms with Gasteiger partial charge >= 0.3 is 0 Å². The Labute approximate surface area is 119 Å². The molecule has 0 saturated carbocycles. The Morgan fingerprint density at radius 2 is 1.84 bits per heavy atom. The Balaban J connectivity index is 1.51. The Morgan fingerprint density at radius 1 is 1.05 bits per heavy atom. The van der Waals surface area contributed by atoms with E-state index in [2.05, 4.69) is 51.3 Å². The standard InChI is InChI=1S/C16H20N2S/c1-2-11-18(10-1)16-5-3-15(4-6-16)17-9-7-14-8-12-19-13-14/h3-6,8,12-13,17H,1-2,7,9-11H2. The second-order valence-electron chi connectivity index (χ2n) is 5.05. The summed E-state index contributed by atoms with van der Waals surface area (Å²) >= 11 is 1.77. The molecule has 0 atom stereocenters. The number of hydrogen-bond acceptors (Lipinski definition) is 3. The smallest absolute Gasteiger partial charge is 0.0367 e. The van der Waals surface area contributed by atoms with Gasteiger partial charge in [0, 0.05) is 31.0 Å². The molecule has 0 unspecified atom stereocenters. The van der Waals surface area contributed by atoms with Crippen LogP contribution in [0.5, 0.6) is 0 Å². The molecule has 1 aromatic carbocycles. The third kappa shape index (κ3) is 3.29. The van der Waals surface area contributed by atoms with Crippen molar-refractivity contribution in [3.8, 4) is 0 Å².